The van der Waals surface area contributed by atoms with E-state index in [0.29, 0.717) is 0 Å². The van der Waals surface area contributed by atoms with Crippen LogP contribution >= 0.6 is 15.9 Å². The Morgan fingerprint density at radius 2 is 1.14 bits per heavy atom. The van der Waals surface area contributed by atoms with Crippen LogP contribution in [0.2, 0.25) is 0 Å². The van der Waals surface area contributed by atoms with Gasteiger partial charge >= 0.3 is 0 Å². The van der Waals surface area contributed by atoms with E-state index in [1.807, 2.05) is 6.07 Å². The molecule has 0 aliphatic rings. The molecule has 1 nitrogen and oxygen atoms in total. The van der Waals surface area contributed by atoms with Crippen molar-refractivity contribution in [2.45, 2.75) is 6.54 Å². The zero-order valence-corrected chi connectivity index (χ0v) is 13.2. The maximum absolute atomic E-state index is 3.50. The molecular weight excluding hydrogens is 322 g/mol. The van der Waals surface area contributed by atoms with Gasteiger partial charge in [0, 0.05) is 22.4 Å². The molecule has 0 fully saturated rings. The molecule has 3 aromatic rings. The van der Waals surface area contributed by atoms with Gasteiger partial charge in [0.1, 0.15) is 0 Å². The monoisotopic (exact) mass is 337 g/mol. The van der Waals surface area contributed by atoms with Crippen LogP contribution in [-0.4, -0.2) is 0 Å². The Labute approximate surface area is 134 Å². The third-order valence-electron chi connectivity index (χ3n) is 3.39. The van der Waals surface area contributed by atoms with Gasteiger partial charge in [-0.05, 0) is 42.0 Å². The Morgan fingerprint density at radius 3 is 1.76 bits per heavy atom. The number of benzene rings is 3. The van der Waals surface area contributed by atoms with Gasteiger partial charge in [-0.15, -0.1) is 0 Å². The molecule has 0 unspecified atom stereocenters. The molecule has 0 atom stereocenters. The second kappa shape index (κ2) is 6.59. The first kappa shape index (κ1) is 13.9. The van der Waals surface area contributed by atoms with Crippen LogP contribution < -0.4 is 4.90 Å². The lowest BCUT2D eigenvalue weighted by molar-refractivity contribution is 0.975. The van der Waals surface area contributed by atoms with Gasteiger partial charge in [-0.1, -0.05) is 64.5 Å². The zero-order valence-electron chi connectivity index (χ0n) is 11.6. The fourth-order valence-corrected chi connectivity index (χ4v) is 2.59. The van der Waals surface area contributed by atoms with Crippen LogP contribution in [0.3, 0.4) is 0 Å². The number of nitrogens with zero attached hydrogens (tertiary/aromatic N) is 1. The maximum atomic E-state index is 3.50. The van der Waals surface area contributed by atoms with E-state index in [4.69, 9.17) is 0 Å². The molecular formula is C19H16BrN. The molecule has 0 N–H and O–H groups in total. The topological polar surface area (TPSA) is 3.24 Å². The molecule has 0 aliphatic heterocycles. The lowest BCUT2D eigenvalue weighted by Gasteiger charge is -2.25. The molecule has 0 saturated carbocycles. The summed E-state index contributed by atoms with van der Waals surface area (Å²) >= 11 is 3.50. The minimum Gasteiger partial charge on any atom is -0.337 e. The van der Waals surface area contributed by atoms with Gasteiger partial charge in [-0.3, -0.25) is 0 Å². The van der Waals surface area contributed by atoms with Gasteiger partial charge < -0.3 is 4.90 Å². The van der Waals surface area contributed by atoms with Gasteiger partial charge in [0.15, 0.2) is 0 Å². The maximum Gasteiger partial charge on any atom is 0.0481 e. The number of rotatable bonds is 4. The van der Waals surface area contributed by atoms with Crippen molar-refractivity contribution >= 4 is 27.3 Å². The van der Waals surface area contributed by atoms with Crippen molar-refractivity contribution in [2.75, 3.05) is 4.90 Å². The third kappa shape index (κ3) is 3.53. The summed E-state index contributed by atoms with van der Waals surface area (Å²) in [5, 5.41) is 0. The van der Waals surface area contributed by atoms with E-state index in [0.717, 1.165) is 11.0 Å². The first-order chi connectivity index (χ1) is 10.3. The van der Waals surface area contributed by atoms with Gasteiger partial charge in [0.05, 0.1) is 0 Å². The molecule has 21 heavy (non-hydrogen) atoms. The molecule has 0 amide bonds. The predicted octanol–water partition coefficient (Wildman–Crippen LogP) is 5.79. The summed E-state index contributed by atoms with van der Waals surface area (Å²) in [5.41, 5.74) is 3.68. The van der Waals surface area contributed by atoms with E-state index >= 15 is 0 Å². The molecule has 0 bridgehead atoms. The van der Waals surface area contributed by atoms with E-state index in [-0.39, 0.29) is 0 Å². The fourth-order valence-electron chi connectivity index (χ4n) is 2.33. The summed E-state index contributed by atoms with van der Waals surface area (Å²) in [6.07, 6.45) is 0. The summed E-state index contributed by atoms with van der Waals surface area (Å²) in [7, 11) is 0. The summed E-state index contributed by atoms with van der Waals surface area (Å²) in [6, 6.07) is 29.5. The van der Waals surface area contributed by atoms with Gasteiger partial charge in [0.2, 0.25) is 0 Å². The van der Waals surface area contributed by atoms with Gasteiger partial charge in [-0.2, -0.15) is 0 Å². The fraction of sp³-hybridized carbons (Fsp3) is 0.0526. The highest BCUT2D eigenvalue weighted by Gasteiger charge is 2.09. The molecule has 104 valence electrons. The quantitative estimate of drug-likeness (QED) is 0.582. The van der Waals surface area contributed by atoms with Crippen molar-refractivity contribution in [2.24, 2.45) is 0 Å². The molecule has 0 aliphatic carbocycles. The molecule has 3 aromatic carbocycles. The minimum atomic E-state index is 0.854. The molecule has 0 heterocycles. The minimum absolute atomic E-state index is 0.854. The second-order valence-corrected chi connectivity index (χ2v) is 5.80. The molecule has 0 aromatic heterocycles. The van der Waals surface area contributed by atoms with Crippen molar-refractivity contribution in [3.8, 4) is 0 Å². The van der Waals surface area contributed by atoms with Crippen molar-refractivity contribution < 1.29 is 0 Å². The van der Waals surface area contributed by atoms with Crippen LogP contribution in [-0.2, 0) is 6.54 Å². The Balaban J connectivity index is 1.97. The Kier molecular flexibility index (Phi) is 4.37. The first-order valence-corrected chi connectivity index (χ1v) is 7.74. The highest BCUT2D eigenvalue weighted by molar-refractivity contribution is 9.10. The lowest BCUT2D eigenvalue weighted by Crippen LogP contribution is -2.16. The Bertz CT molecular complexity index is 678. The Hall–Kier alpha value is -2.06. The van der Waals surface area contributed by atoms with Crippen molar-refractivity contribution in [3.05, 3.63) is 95.0 Å². The van der Waals surface area contributed by atoms with Crippen LogP contribution in [0.4, 0.5) is 11.4 Å². The van der Waals surface area contributed by atoms with Crippen molar-refractivity contribution in [1.29, 1.82) is 0 Å². The number of halogens is 1. The van der Waals surface area contributed by atoms with Crippen LogP contribution in [0.1, 0.15) is 5.56 Å². The standard InChI is InChI=1S/C19H16BrN/c20-17-11-13-19(14-12-17)21(18-9-5-2-6-10-18)15-16-7-3-1-4-8-16/h1-14H,15H2. The molecule has 0 radical (unpaired) electrons. The van der Waals surface area contributed by atoms with E-state index in [9.17, 15) is 0 Å². The van der Waals surface area contributed by atoms with Crippen LogP contribution in [0.15, 0.2) is 89.4 Å². The molecule has 3 rings (SSSR count). The van der Waals surface area contributed by atoms with Crippen LogP contribution in [0, 0.1) is 0 Å². The van der Waals surface area contributed by atoms with Crippen LogP contribution in [0.5, 0.6) is 0 Å². The van der Waals surface area contributed by atoms with Crippen molar-refractivity contribution in [3.63, 3.8) is 0 Å². The molecule has 2 heteroatoms. The highest BCUT2D eigenvalue weighted by atomic mass is 79.9. The van der Waals surface area contributed by atoms with Crippen molar-refractivity contribution in [1.82, 2.24) is 0 Å². The lowest BCUT2D eigenvalue weighted by atomic mass is 10.1. The largest absolute Gasteiger partial charge is 0.337 e. The first-order valence-electron chi connectivity index (χ1n) is 6.95. The van der Waals surface area contributed by atoms with Gasteiger partial charge in [0.25, 0.3) is 0 Å². The van der Waals surface area contributed by atoms with E-state index in [1.165, 1.54) is 16.9 Å². The third-order valence-corrected chi connectivity index (χ3v) is 3.92. The van der Waals surface area contributed by atoms with E-state index in [2.05, 4.69) is 99.7 Å². The van der Waals surface area contributed by atoms with E-state index in [1.54, 1.807) is 0 Å². The summed E-state index contributed by atoms with van der Waals surface area (Å²) in [6.45, 7) is 0.854. The average molecular weight is 338 g/mol. The number of hydrogen-bond acceptors (Lipinski definition) is 1. The normalized spacial score (nSPS) is 10.3. The highest BCUT2D eigenvalue weighted by Crippen LogP contribution is 2.28. The summed E-state index contributed by atoms with van der Waals surface area (Å²) in [5.74, 6) is 0. The second-order valence-electron chi connectivity index (χ2n) is 4.88. The number of hydrogen-bond donors (Lipinski definition) is 0. The summed E-state index contributed by atoms with van der Waals surface area (Å²) < 4.78 is 1.10. The molecule has 0 spiro atoms. The molecule has 0 saturated heterocycles. The number of para-hydroxylation sites is 1. The summed E-state index contributed by atoms with van der Waals surface area (Å²) in [4.78, 5) is 2.32. The van der Waals surface area contributed by atoms with E-state index < -0.39 is 0 Å². The number of anilines is 2. The SMILES string of the molecule is Brc1ccc(N(Cc2ccccc2)c2ccccc2)cc1. The van der Waals surface area contributed by atoms with Gasteiger partial charge in [-0.25, -0.2) is 0 Å². The zero-order chi connectivity index (χ0) is 14.5. The average Bonchev–Trinajstić information content (AvgIpc) is 2.55. The predicted molar refractivity (Wildman–Crippen MR) is 92.9 cm³/mol. The van der Waals surface area contributed by atoms with Crippen LogP contribution in [0.25, 0.3) is 0 Å². The smallest absolute Gasteiger partial charge is 0.0481 e. The Morgan fingerprint density at radius 1 is 0.619 bits per heavy atom.